The fraction of sp³-hybridized carbons (Fsp3) is 0.400. The van der Waals surface area contributed by atoms with Crippen molar-refractivity contribution in [3.05, 3.63) is 62.4 Å². The van der Waals surface area contributed by atoms with Crippen LogP contribution in [-0.4, -0.2) is 27.5 Å². The number of nitrogens with one attached hydrogen (secondary N) is 1. The maximum absolute atomic E-state index is 13.7. The number of aliphatic hydroxyl groups is 1. The lowest BCUT2D eigenvalue weighted by Crippen LogP contribution is -2.50. The van der Waals surface area contributed by atoms with Crippen molar-refractivity contribution in [1.82, 2.24) is 10.3 Å². The molecule has 2 N–H and O–H groups in total. The highest BCUT2D eigenvalue weighted by atomic mass is 35.5. The van der Waals surface area contributed by atoms with Crippen molar-refractivity contribution < 1.29 is 31.9 Å². The maximum atomic E-state index is 13.7. The van der Waals surface area contributed by atoms with E-state index in [0.29, 0.717) is 6.07 Å². The summed E-state index contributed by atoms with van der Waals surface area (Å²) in [6, 6.07) is 3.40. The van der Waals surface area contributed by atoms with E-state index in [2.05, 4.69) is 10.3 Å². The molecule has 1 atom stereocenters. The van der Waals surface area contributed by atoms with Crippen molar-refractivity contribution in [3.8, 4) is 0 Å². The molecule has 1 amide bonds. The predicted molar refractivity (Wildman–Crippen MR) is 109 cm³/mol. The van der Waals surface area contributed by atoms with Gasteiger partial charge in [0, 0.05) is 29.1 Å². The maximum Gasteiger partial charge on any atom is 0.417 e. The normalized spacial score (nSPS) is 18.8. The van der Waals surface area contributed by atoms with Crippen LogP contribution >= 0.6 is 34.8 Å². The van der Waals surface area contributed by atoms with Gasteiger partial charge in [0.2, 0.25) is 5.92 Å². The van der Waals surface area contributed by atoms with Gasteiger partial charge in [0.1, 0.15) is 5.69 Å². The molecule has 12 heteroatoms. The van der Waals surface area contributed by atoms with Crippen LogP contribution < -0.4 is 5.32 Å². The summed E-state index contributed by atoms with van der Waals surface area (Å²) >= 11 is 18.0. The van der Waals surface area contributed by atoms with Crippen molar-refractivity contribution in [3.63, 3.8) is 0 Å². The van der Waals surface area contributed by atoms with Crippen LogP contribution in [0.25, 0.3) is 0 Å². The second-order valence-electron chi connectivity index (χ2n) is 7.55. The van der Waals surface area contributed by atoms with Gasteiger partial charge in [0.15, 0.2) is 0 Å². The molecule has 1 unspecified atom stereocenters. The molecule has 32 heavy (non-hydrogen) atoms. The number of amides is 1. The number of aromatic nitrogens is 1. The smallest absolute Gasteiger partial charge is 0.387 e. The van der Waals surface area contributed by atoms with E-state index in [0.717, 1.165) is 6.20 Å². The highest BCUT2D eigenvalue weighted by Gasteiger charge is 2.48. The minimum atomic E-state index is -4.84. The van der Waals surface area contributed by atoms with E-state index in [-0.39, 0.29) is 15.6 Å². The summed E-state index contributed by atoms with van der Waals surface area (Å²) in [7, 11) is 0. The Morgan fingerprint density at radius 2 is 1.72 bits per heavy atom. The second-order valence-corrected chi connectivity index (χ2v) is 8.77. The van der Waals surface area contributed by atoms with Crippen molar-refractivity contribution in [2.75, 3.05) is 0 Å². The fourth-order valence-electron chi connectivity index (χ4n) is 3.60. The van der Waals surface area contributed by atoms with E-state index < -0.39 is 71.6 Å². The van der Waals surface area contributed by atoms with Crippen molar-refractivity contribution in [2.45, 2.75) is 49.4 Å². The molecular weight excluding hydrogens is 502 g/mol. The second kappa shape index (κ2) is 8.93. The molecule has 0 aliphatic heterocycles. The summed E-state index contributed by atoms with van der Waals surface area (Å²) in [5, 5.41) is 12.9. The average Bonchev–Trinajstić information content (AvgIpc) is 2.70. The lowest BCUT2D eigenvalue weighted by atomic mass is 9.75. The van der Waals surface area contributed by atoms with Gasteiger partial charge >= 0.3 is 6.18 Å². The molecule has 0 bridgehead atoms. The Labute approximate surface area is 194 Å². The molecule has 174 valence electrons. The van der Waals surface area contributed by atoms with Crippen molar-refractivity contribution in [2.24, 2.45) is 0 Å². The Morgan fingerprint density at radius 3 is 2.31 bits per heavy atom. The van der Waals surface area contributed by atoms with Crippen LogP contribution in [0.3, 0.4) is 0 Å². The number of halogens is 8. The first-order valence-electron chi connectivity index (χ1n) is 9.31. The van der Waals surface area contributed by atoms with Gasteiger partial charge in [0.25, 0.3) is 5.91 Å². The molecule has 1 heterocycles. The molecule has 0 saturated heterocycles. The molecule has 1 aliphatic carbocycles. The predicted octanol–water partition coefficient (Wildman–Crippen LogP) is 6.47. The summed E-state index contributed by atoms with van der Waals surface area (Å²) in [4.78, 5) is 16.5. The van der Waals surface area contributed by atoms with Gasteiger partial charge in [-0.25, -0.2) is 13.8 Å². The zero-order valence-electron chi connectivity index (χ0n) is 16.1. The molecule has 1 aromatic heterocycles. The molecule has 0 radical (unpaired) electrons. The van der Waals surface area contributed by atoms with Crippen LogP contribution in [0.2, 0.25) is 15.1 Å². The van der Waals surface area contributed by atoms with Crippen LogP contribution in [-0.2, 0) is 6.18 Å². The SMILES string of the molecule is O=C(NC(c1cc(Cl)ccc1Cl)C1(O)CCC(F)(F)CC1)c1nccc(C(F)(F)F)c1Cl. The van der Waals surface area contributed by atoms with Crippen LogP contribution in [0.5, 0.6) is 0 Å². The van der Waals surface area contributed by atoms with Crippen LogP contribution in [0.4, 0.5) is 22.0 Å². The Bertz CT molecular complexity index is 1020. The van der Waals surface area contributed by atoms with Crippen LogP contribution in [0.1, 0.15) is 53.3 Å². The van der Waals surface area contributed by atoms with E-state index in [9.17, 15) is 31.9 Å². The first kappa shape index (κ1) is 25.0. The van der Waals surface area contributed by atoms with Crippen LogP contribution in [0, 0.1) is 0 Å². The minimum absolute atomic E-state index is 0.0635. The summed E-state index contributed by atoms with van der Waals surface area (Å²) in [6.07, 6.45) is -6.19. The molecule has 0 spiro atoms. The highest BCUT2D eigenvalue weighted by Crippen LogP contribution is 2.46. The zero-order chi connectivity index (χ0) is 23.9. The summed E-state index contributed by atoms with van der Waals surface area (Å²) < 4.78 is 66.9. The van der Waals surface area contributed by atoms with E-state index in [1.54, 1.807) is 0 Å². The quantitative estimate of drug-likeness (QED) is 0.457. The fourth-order valence-corrected chi connectivity index (χ4v) is 4.31. The number of alkyl halides is 5. The first-order valence-corrected chi connectivity index (χ1v) is 10.4. The third-order valence-corrected chi connectivity index (χ3v) is 6.30. The van der Waals surface area contributed by atoms with Gasteiger partial charge in [-0.05, 0) is 42.7 Å². The molecule has 4 nitrogen and oxygen atoms in total. The van der Waals surface area contributed by atoms with Gasteiger partial charge in [-0.1, -0.05) is 34.8 Å². The Kier molecular flexibility index (Phi) is 6.96. The van der Waals surface area contributed by atoms with Gasteiger partial charge < -0.3 is 10.4 Å². The highest BCUT2D eigenvalue weighted by molar-refractivity contribution is 6.34. The number of carbonyl (C=O) groups excluding carboxylic acids is 1. The van der Waals surface area contributed by atoms with E-state index in [1.807, 2.05) is 0 Å². The first-order chi connectivity index (χ1) is 14.7. The number of rotatable bonds is 4. The van der Waals surface area contributed by atoms with E-state index in [4.69, 9.17) is 34.8 Å². The molecule has 3 rings (SSSR count). The number of carbonyl (C=O) groups is 1. The largest absolute Gasteiger partial charge is 0.417 e. The molecule has 2 aromatic rings. The third-order valence-electron chi connectivity index (χ3n) is 5.34. The standard InChI is InChI=1S/C20H16Cl3F5N2O2/c21-10-1-2-13(22)11(9-10)16(18(32)4-6-19(24,25)7-5-18)30-17(31)15-14(23)12(3-8-29-15)20(26,27)28/h1-3,8-9,16,32H,4-7H2,(H,30,31). The lowest BCUT2D eigenvalue weighted by Gasteiger charge is -2.42. The molecule has 1 aromatic carbocycles. The molecule has 1 aliphatic rings. The number of pyridine rings is 1. The molecule has 1 saturated carbocycles. The Morgan fingerprint density at radius 1 is 1.09 bits per heavy atom. The monoisotopic (exact) mass is 516 g/mol. The van der Waals surface area contributed by atoms with Crippen molar-refractivity contribution >= 4 is 40.7 Å². The number of hydrogen-bond donors (Lipinski definition) is 2. The van der Waals surface area contributed by atoms with Crippen molar-refractivity contribution in [1.29, 1.82) is 0 Å². The van der Waals surface area contributed by atoms with E-state index >= 15 is 0 Å². The third kappa shape index (κ3) is 5.27. The average molecular weight is 518 g/mol. The van der Waals surface area contributed by atoms with Crippen LogP contribution in [0.15, 0.2) is 30.5 Å². The number of hydrogen-bond acceptors (Lipinski definition) is 3. The summed E-state index contributed by atoms with van der Waals surface area (Å²) in [6.45, 7) is 0. The minimum Gasteiger partial charge on any atom is -0.387 e. The lowest BCUT2D eigenvalue weighted by molar-refractivity contribution is -0.137. The topological polar surface area (TPSA) is 62.2 Å². The van der Waals surface area contributed by atoms with Gasteiger partial charge in [-0.3, -0.25) is 4.79 Å². The molecule has 1 fully saturated rings. The van der Waals surface area contributed by atoms with Gasteiger partial charge in [-0.15, -0.1) is 0 Å². The number of benzene rings is 1. The van der Waals surface area contributed by atoms with E-state index in [1.165, 1.54) is 18.2 Å². The Hall–Kier alpha value is -1.68. The summed E-state index contributed by atoms with van der Waals surface area (Å²) in [5.41, 5.74) is -3.77. The van der Waals surface area contributed by atoms with Gasteiger partial charge in [0.05, 0.1) is 22.2 Å². The molecular formula is C20H16Cl3F5N2O2. The van der Waals surface area contributed by atoms with Gasteiger partial charge in [-0.2, -0.15) is 13.2 Å². The number of nitrogens with zero attached hydrogens (tertiary/aromatic N) is 1. The summed E-state index contributed by atoms with van der Waals surface area (Å²) in [5.74, 6) is -4.14. The Balaban J connectivity index is 2.02. The zero-order valence-corrected chi connectivity index (χ0v) is 18.4.